The number of carbonyl (C=O) groups excluding carboxylic acids is 2. The summed E-state index contributed by atoms with van der Waals surface area (Å²) in [4.78, 5) is 22.8. The van der Waals surface area contributed by atoms with E-state index in [0.717, 1.165) is 10.0 Å². The zero-order valence-corrected chi connectivity index (χ0v) is 13.6. The van der Waals surface area contributed by atoms with Crippen LogP contribution in [0.15, 0.2) is 58.7 Å². The fourth-order valence-electron chi connectivity index (χ4n) is 2.14. The molecule has 2 N–H and O–H groups in total. The van der Waals surface area contributed by atoms with E-state index in [9.17, 15) is 9.59 Å². The Kier molecular flexibility index (Phi) is 4.43. The topological polar surface area (TPSA) is 67.4 Å². The molecule has 1 aliphatic heterocycles. The number of carbonyl (C=O) groups is 2. The van der Waals surface area contributed by atoms with Gasteiger partial charge in [-0.3, -0.25) is 10.1 Å². The molecule has 1 fully saturated rings. The molecule has 5 nitrogen and oxygen atoms in total. The van der Waals surface area contributed by atoms with Crippen LogP contribution in [0.3, 0.4) is 0 Å². The van der Waals surface area contributed by atoms with Crippen molar-refractivity contribution >= 4 is 33.9 Å². The molecule has 0 aromatic heterocycles. The van der Waals surface area contributed by atoms with E-state index in [1.165, 1.54) is 0 Å². The molecular weight excluding hydrogens is 360 g/mol. The predicted molar refractivity (Wildman–Crippen MR) is 89.6 cm³/mol. The molecule has 3 rings (SSSR count). The number of ether oxygens (including phenoxy) is 1. The summed E-state index contributed by atoms with van der Waals surface area (Å²) in [5, 5.41) is 4.63. The fourth-order valence-corrected chi connectivity index (χ4v) is 2.52. The molecule has 1 aliphatic rings. The first-order valence-electron chi connectivity index (χ1n) is 6.92. The van der Waals surface area contributed by atoms with Gasteiger partial charge < -0.3 is 10.1 Å². The zero-order valence-electron chi connectivity index (χ0n) is 12.0. The van der Waals surface area contributed by atoms with Gasteiger partial charge in [0.05, 0.1) is 0 Å². The number of amides is 3. The first kappa shape index (κ1) is 15.3. The summed E-state index contributed by atoms with van der Waals surface area (Å²) < 4.78 is 6.69. The van der Waals surface area contributed by atoms with Crippen molar-refractivity contribution in [3.05, 3.63) is 69.8 Å². The molecule has 0 spiro atoms. The molecule has 2 aromatic rings. The minimum Gasteiger partial charge on any atom is -0.488 e. The van der Waals surface area contributed by atoms with Crippen LogP contribution in [-0.2, 0) is 11.4 Å². The van der Waals surface area contributed by atoms with Crippen LogP contribution in [0.25, 0.3) is 6.08 Å². The highest BCUT2D eigenvalue weighted by molar-refractivity contribution is 9.10. The molecular formula is C17H13BrN2O3. The van der Waals surface area contributed by atoms with Crippen molar-refractivity contribution in [1.29, 1.82) is 0 Å². The van der Waals surface area contributed by atoms with Gasteiger partial charge in [-0.15, -0.1) is 0 Å². The smallest absolute Gasteiger partial charge is 0.326 e. The third kappa shape index (κ3) is 3.78. The quantitative estimate of drug-likeness (QED) is 0.639. The number of benzene rings is 2. The first-order chi connectivity index (χ1) is 11.1. The molecule has 0 bridgehead atoms. The molecule has 0 radical (unpaired) electrons. The largest absolute Gasteiger partial charge is 0.488 e. The average Bonchev–Trinajstić information content (AvgIpc) is 2.85. The van der Waals surface area contributed by atoms with Crippen molar-refractivity contribution in [3.63, 3.8) is 0 Å². The molecule has 116 valence electrons. The normalized spacial score (nSPS) is 15.4. The summed E-state index contributed by atoms with van der Waals surface area (Å²) in [6.45, 7) is 0.414. The molecule has 0 saturated carbocycles. The molecule has 6 heteroatoms. The predicted octanol–water partition coefficient (Wildman–Crippen LogP) is 3.21. The summed E-state index contributed by atoms with van der Waals surface area (Å²) in [6, 6.07) is 14.8. The zero-order chi connectivity index (χ0) is 16.2. The average molecular weight is 373 g/mol. The van der Waals surface area contributed by atoms with Gasteiger partial charge in [-0.25, -0.2) is 4.79 Å². The minimum atomic E-state index is -0.525. The number of hydrogen-bond donors (Lipinski definition) is 2. The fraction of sp³-hybridized carbons (Fsp3) is 0.0588. The van der Waals surface area contributed by atoms with Crippen LogP contribution in [0.4, 0.5) is 4.79 Å². The van der Waals surface area contributed by atoms with Crippen molar-refractivity contribution in [3.8, 4) is 5.75 Å². The van der Waals surface area contributed by atoms with Crippen LogP contribution in [0.2, 0.25) is 0 Å². The van der Waals surface area contributed by atoms with E-state index in [1.54, 1.807) is 6.08 Å². The van der Waals surface area contributed by atoms with E-state index in [1.807, 2.05) is 48.5 Å². The number of halogens is 1. The molecule has 23 heavy (non-hydrogen) atoms. The van der Waals surface area contributed by atoms with Crippen molar-refractivity contribution in [2.75, 3.05) is 0 Å². The van der Waals surface area contributed by atoms with Gasteiger partial charge in [-0.05, 0) is 29.8 Å². The maximum Gasteiger partial charge on any atom is 0.326 e. The van der Waals surface area contributed by atoms with E-state index in [2.05, 4.69) is 26.6 Å². The lowest BCUT2D eigenvalue weighted by Crippen LogP contribution is -2.22. The Balaban J connectivity index is 1.85. The van der Waals surface area contributed by atoms with E-state index in [-0.39, 0.29) is 5.70 Å². The number of nitrogens with one attached hydrogen (secondary N) is 2. The second-order valence-corrected chi connectivity index (χ2v) is 5.84. The highest BCUT2D eigenvalue weighted by Gasteiger charge is 2.23. The second kappa shape index (κ2) is 6.66. The van der Waals surface area contributed by atoms with E-state index >= 15 is 0 Å². The third-order valence-electron chi connectivity index (χ3n) is 3.23. The van der Waals surface area contributed by atoms with Crippen LogP contribution >= 0.6 is 15.9 Å². The lowest BCUT2D eigenvalue weighted by Gasteiger charge is -2.10. The van der Waals surface area contributed by atoms with Gasteiger partial charge in [0.15, 0.2) is 0 Å². The summed E-state index contributed by atoms with van der Waals surface area (Å²) >= 11 is 3.40. The summed E-state index contributed by atoms with van der Waals surface area (Å²) in [5.74, 6) is 0.169. The standard InChI is InChI=1S/C17H13BrN2O3/c18-13-6-7-15(23-10-11-4-2-1-3-5-11)12(8-13)9-14-16(21)20-17(22)19-14/h1-9H,10H2,(H2,19,20,21,22). The molecule has 0 atom stereocenters. The van der Waals surface area contributed by atoms with Gasteiger partial charge in [0.1, 0.15) is 18.1 Å². The highest BCUT2D eigenvalue weighted by Crippen LogP contribution is 2.26. The van der Waals surface area contributed by atoms with Crippen LogP contribution in [-0.4, -0.2) is 11.9 Å². The Bertz CT molecular complexity index is 788. The van der Waals surface area contributed by atoms with Crippen LogP contribution in [0, 0.1) is 0 Å². The van der Waals surface area contributed by atoms with Crippen LogP contribution in [0.1, 0.15) is 11.1 Å². The summed E-state index contributed by atoms with van der Waals surface area (Å²) in [6.07, 6.45) is 1.59. The third-order valence-corrected chi connectivity index (χ3v) is 3.72. The van der Waals surface area contributed by atoms with E-state index in [0.29, 0.717) is 17.9 Å². The SMILES string of the molecule is O=C1NC(=O)C(=Cc2cc(Br)ccc2OCc2ccccc2)N1. The molecule has 0 unspecified atom stereocenters. The first-order valence-corrected chi connectivity index (χ1v) is 7.71. The van der Waals surface area contributed by atoms with E-state index in [4.69, 9.17) is 4.74 Å². The maximum absolute atomic E-state index is 11.6. The van der Waals surface area contributed by atoms with Gasteiger partial charge in [0, 0.05) is 10.0 Å². The van der Waals surface area contributed by atoms with E-state index < -0.39 is 11.9 Å². The summed E-state index contributed by atoms with van der Waals surface area (Å²) in [7, 11) is 0. The van der Waals surface area contributed by atoms with Crippen molar-refractivity contribution in [1.82, 2.24) is 10.6 Å². The van der Waals surface area contributed by atoms with Gasteiger partial charge in [-0.1, -0.05) is 46.3 Å². The Morgan fingerprint density at radius 1 is 1.04 bits per heavy atom. The van der Waals surface area contributed by atoms with Crippen LogP contribution in [0.5, 0.6) is 5.75 Å². The maximum atomic E-state index is 11.6. The Labute approximate surface area is 141 Å². The lowest BCUT2D eigenvalue weighted by atomic mass is 10.1. The number of rotatable bonds is 4. The molecule has 2 aromatic carbocycles. The number of hydrogen-bond acceptors (Lipinski definition) is 3. The Morgan fingerprint density at radius 2 is 1.83 bits per heavy atom. The van der Waals surface area contributed by atoms with Crippen LogP contribution < -0.4 is 15.4 Å². The number of imide groups is 1. The van der Waals surface area contributed by atoms with Crippen molar-refractivity contribution in [2.24, 2.45) is 0 Å². The van der Waals surface area contributed by atoms with Crippen molar-refractivity contribution < 1.29 is 14.3 Å². The van der Waals surface area contributed by atoms with Gasteiger partial charge >= 0.3 is 6.03 Å². The molecule has 0 aliphatic carbocycles. The Hall–Kier alpha value is -2.60. The minimum absolute atomic E-state index is 0.192. The van der Waals surface area contributed by atoms with Gasteiger partial charge in [0.25, 0.3) is 5.91 Å². The molecule has 1 saturated heterocycles. The summed E-state index contributed by atoms with van der Waals surface area (Å²) in [5.41, 5.74) is 1.93. The van der Waals surface area contributed by atoms with Gasteiger partial charge in [-0.2, -0.15) is 0 Å². The van der Waals surface area contributed by atoms with Crippen molar-refractivity contribution in [2.45, 2.75) is 6.61 Å². The second-order valence-electron chi connectivity index (χ2n) is 4.92. The monoisotopic (exact) mass is 372 g/mol. The lowest BCUT2D eigenvalue weighted by molar-refractivity contribution is -0.115. The Morgan fingerprint density at radius 3 is 2.52 bits per heavy atom. The number of urea groups is 1. The molecule has 1 heterocycles. The highest BCUT2D eigenvalue weighted by atomic mass is 79.9. The van der Waals surface area contributed by atoms with Gasteiger partial charge in [0.2, 0.25) is 0 Å². The molecule has 3 amide bonds.